The van der Waals surface area contributed by atoms with Crippen molar-refractivity contribution in [3.05, 3.63) is 48.4 Å². The lowest BCUT2D eigenvalue weighted by Crippen LogP contribution is -1.98. The largest absolute Gasteiger partial charge is 0.467 e. The van der Waals surface area contributed by atoms with Crippen LogP contribution in [-0.4, -0.2) is 6.26 Å². The lowest BCUT2D eigenvalue weighted by atomic mass is 10.3. The van der Waals surface area contributed by atoms with E-state index in [0.717, 1.165) is 18.0 Å². The molecule has 1 N–H and O–H groups in total. The average Bonchev–Trinajstić information content (AvgIpc) is 2.79. The van der Waals surface area contributed by atoms with Gasteiger partial charge in [-0.3, -0.25) is 0 Å². The molecule has 0 unspecified atom stereocenters. The molecule has 1 aromatic carbocycles. The zero-order valence-corrected chi connectivity index (χ0v) is 9.38. The van der Waals surface area contributed by atoms with Gasteiger partial charge in [0.25, 0.3) is 0 Å². The van der Waals surface area contributed by atoms with E-state index >= 15 is 0 Å². The van der Waals surface area contributed by atoms with Crippen LogP contribution in [0.15, 0.2) is 52.0 Å². The van der Waals surface area contributed by atoms with E-state index in [1.165, 1.54) is 4.90 Å². The van der Waals surface area contributed by atoms with Crippen LogP contribution in [0, 0.1) is 0 Å². The minimum atomic E-state index is 0.727. The summed E-state index contributed by atoms with van der Waals surface area (Å²) in [4.78, 5) is 1.25. The Morgan fingerprint density at radius 3 is 2.80 bits per heavy atom. The molecule has 2 aromatic rings. The molecule has 0 aliphatic carbocycles. The van der Waals surface area contributed by atoms with Gasteiger partial charge in [-0.2, -0.15) is 0 Å². The Labute approximate surface area is 93.7 Å². The number of furan rings is 1. The molecule has 0 aliphatic rings. The molecule has 0 saturated heterocycles. The van der Waals surface area contributed by atoms with Crippen molar-refractivity contribution in [1.29, 1.82) is 0 Å². The molecule has 0 aliphatic heterocycles. The summed E-state index contributed by atoms with van der Waals surface area (Å²) in [5.74, 6) is 0.950. The van der Waals surface area contributed by atoms with Gasteiger partial charge in [-0.15, -0.1) is 11.8 Å². The standard InChI is InChI=1S/C12H13NOS/c1-15-12-7-3-2-6-11(12)13-9-10-5-4-8-14-10/h2-8,13H,9H2,1H3. The van der Waals surface area contributed by atoms with Crippen molar-refractivity contribution in [3.63, 3.8) is 0 Å². The number of hydrogen-bond acceptors (Lipinski definition) is 3. The number of hydrogen-bond donors (Lipinski definition) is 1. The first kappa shape index (κ1) is 10.2. The van der Waals surface area contributed by atoms with E-state index in [4.69, 9.17) is 4.42 Å². The SMILES string of the molecule is CSc1ccccc1NCc1ccco1. The monoisotopic (exact) mass is 219 g/mol. The van der Waals surface area contributed by atoms with E-state index in [2.05, 4.69) is 23.7 Å². The fourth-order valence-electron chi connectivity index (χ4n) is 1.39. The highest BCUT2D eigenvalue weighted by Crippen LogP contribution is 2.24. The molecule has 2 rings (SSSR count). The lowest BCUT2D eigenvalue weighted by molar-refractivity contribution is 0.518. The highest BCUT2D eigenvalue weighted by molar-refractivity contribution is 7.98. The Kier molecular flexibility index (Phi) is 3.35. The molecule has 1 heterocycles. The third kappa shape index (κ3) is 2.57. The molecule has 0 spiro atoms. The van der Waals surface area contributed by atoms with Gasteiger partial charge in [0, 0.05) is 10.6 Å². The minimum absolute atomic E-state index is 0.727. The summed E-state index contributed by atoms with van der Waals surface area (Å²) in [7, 11) is 0. The number of para-hydroxylation sites is 1. The van der Waals surface area contributed by atoms with Crippen LogP contribution in [0.1, 0.15) is 5.76 Å². The van der Waals surface area contributed by atoms with Gasteiger partial charge >= 0.3 is 0 Å². The van der Waals surface area contributed by atoms with Gasteiger partial charge in [0.15, 0.2) is 0 Å². The molecule has 0 fully saturated rings. The predicted octanol–water partition coefficient (Wildman–Crippen LogP) is 3.61. The highest BCUT2D eigenvalue weighted by Gasteiger charge is 2.00. The molecular weight excluding hydrogens is 206 g/mol. The van der Waals surface area contributed by atoms with Crippen molar-refractivity contribution >= 4 is 17.4 Å². The number of nitrogens with one attached hydrogen (secondary N) is 1. The van der Waals surface area contributed by atoms with Gasteiger partial charge in [-0.05, 0) is 30.5 Å². The van der Waals surface area contributed by atoms with Gasteiger partial charge in [0.2, 0.25) is 0 Å². The molecule has 78 valence electrons. The quantitative estimate of drug-likeness (QED) is 0.795. The lowest BCUT2D eigenvalue weighted by Gasteiger charge is -2.08. The van der Waals surface area contributed by atoms with E-state index in [9.17, 15) is 0 Å². The first-order chi connectivity index (χ1) is 7.40. The third-order valence-corrected chi connectivity index (χ3v) is 2.94. The maximum absolute atomic E-state index is 5.26. The van der Waals surface area contributed by atoms with Gasteiger partial charge in [-0.1, -0.05) is 12.1 Å². The van der Waals surface area contributed by atoms with Crippen LogP contribution in [-0.2, 0) is 6.54 Å². The van der Waals surface area contributed by atoms with Crippen LogP contribution in [0.4, 0.5) is 5.69 Å². The van der Waals surface area contributed by atoms with E-state index in [1.54, 1.807) is 18.0 Å². The van der Waals surface area contributed by atoms with Crippen LogP contribution in [0.25, 0.3) is 0 Å². The fraction of sp³-hybridized carbons (Fsp3) is 0.167. The number of thioether (sulfide) groups is 1. The first-order valence-corrected chi connectivity index (χ1v) is 6.02. The minimum Gasteiger partial charge on any atom is -0.467 e. The van der Waals surface area contributed by atoms with Crippen LogP contribution in [0.2, 0.25) is 0 Å². The second kappa shape index (κ2) is 4.94. The summed E-state index contributed by atoms with van der Waals surface area (Å²) in [5.41, 5.74) is 1.15. The molecule has 0 amide bonds. The Morgan fingerprint density at radius 1 is 1.20 bits per heavy atom. The molecular formula is C12H13NOS. The summed E-state index contributed by atoms with van der Waals surface area (Å²) in [6.45, 7) is 0.727. The summed E-state index contributed by atoms with van der Waals surface area (Å²) in [5, 5.41) is 3.35. The molecule has 0 saturated carbocycles. The van der Waals surface area contributed by atoms with Crippen molar-refractivity contribution in [2.75, 3.05) is 11.6 Å². The van der Waals surface area contributed by atoms with Gasteiger partial charge < -0.3 is 9.73 Å². The maximum Gasteiger partial charge on any atom is 0.122 e. The van der Waals surface area contributed by atoms with Crippen molar-refractivity contribution in [2.24, 2.45) is 0 Å². The van der Waals surface area contributed by atoms with Crippen molar-refractivity contribution < 1.29 is 4.42 Å². The fourth-order valence-corrected chi connectivity index (χ4v) is 1.96. The van der Waals surface area contributed by atoms with Gasteiger partial charge in [0.1, 0.15) is 5.76 Å². The summed E-state index contributed by atoms with van der Waals surface area (Å²) >= 11 is 1.74. The summed E-state index contributed by atoms with van der Waals surface area (Å²) in [6.07, 6.45) is 3.77. The van der Waals surface area contributed by atoms with E-state index in [-0.39, 0.29) is 0 Å². The zero-order chi connectivity index (χ0) is 10.5. The molecule has 3 heteroatoms. The highest BCUT2D eigenvalue weighted by atomic mass is 32.2. The number of benzene rings is 1. The Morgan fingerprint density at radius 2 is 2.07 bits per heavy atom. The Bertz CT molecular complexity index is 411. The normalized spacial score (nSPS) is 10.2. The molecule has 0 bridgehead atoms. The van der Waals surface area contributed by atoms with Crippen molar-refractivity contribution in [3.8, 4) is 0 Å². The van der Waals surface area contributed by atoms with Crippen LogP contribution < -0.4 is 5.32 Å². The molecule has 1 aromatic heterocycles. The third-order valence-electron chi connectivity index (χ3n) is 2.14. The summed E-state index contributed by atoms with van der Waals surface area (Å²) < 4.78 is 5.26. The van der Waals surface area contributed by atoms with Crippen LogP contribution >= 0.6 is 11.8 Å². The van der Waals surface area contributed by atoms with E-state index in [1.807, 2.05) is 24.3 Å². The van der Waals surface area contributed by atoms with Crippen molar-refractivity contribution in [2.45, 2.75) is 11.4 Å². The molecule has 15 heavy (non-hydrogen) atoms. The van der Waals surface area contributed by atoms with Gasteiger partial charge in [-0.25, -0.2) is 0 Å². The Hall–Kier alpha value is -1.35. The first-order valence-electron chi connectivity index (χ1n) is 4.79. The molecule has 0 radical (unpaired) electrons. The van der Waals surface area contributed by atoms with Crippen LogP contribution in [0.3, 0.4) is 0 Å². The second-order valence-corrected chi connectivity index (χ2v) is 3.98. The molecule has 2 nitrogen and oxygen atoms in total. The van der Waals surface area contributed by atoms with Crippen LogP contribution in [0.5, 0.6) is 0 Å². The number of rotatable bonds is 4. The van der Waals surface area contributed by atoms with Crippen molar-refractivity contribution in [1.82, 2.24) is 0 Å². The average molecular weight is 219 g/mol. The van der Waals surface area contributed by atoms with Gasteiger partial charge in [0.05, 0.1) is 12.8 Å². The van der Waals surface area contributed by atoms with E-state index < -0.39 is 0 Å². The topological polar surface area (TPSA) is 25.2 Å². The number of anilines is 1. The zero-order valence-electron chi connectivity index (χ0n) is 8.57. The predicted molar refractivity (Wildman–Crippen MR) is 64.3 cm³/mol. The smallest absolute Gasteiger partial charge is 0.122 e. The molecule has 0 atom stereocenters. The maximum atomic E-state index is 5.26. The second-order valence-electron chi connectivity index (χ2n) is 3.13. The summed E-state index contributed by atoms with van der Waals surface area (Å²) in [6, 6.07) is 12.1. The Balaban J connectivity index is 2.04. The van der Waals surface area contributed by atoms with E-state index in [0.29, 0.717) is 0 Å².